The second-order valence-electron chi connectivity index (χ2n) is 7.93. The van der Waals surface area contributed by atoms with Crippen LogP contribution in [0.5, 0.6) is 0 Å². The Kier molecular flexibility index (Phi) is 4.87. The highest BCUT2D eigenvalue weighted by molar-refractivity contribution is 6.37. The largest absolute Gasteiger partial charge is 0.461 e. The molecule has 152 valence electrons. The molecule has 1 aliphatic heterocycles. The van der Waals surface area contributed by atoms with E-state index in [1.165, 1.54) is 12.0 Å². The third-order valence-electron chi connectivity index (χ3n) is 5.90. The van der Waals surface area contributed by atoms with Crippen molar-refractivity contribution in [3.8, 4) is 0 Å². The van der Waals surface area contributed by atoms with Crippen LogP contribution in [0.1, 0.15) is 46.6 Å². The molecule has 0 unspecified atom stereocenters. The molecule has 3 aromatic rings. The van der Waals surface area contributed by atoms with E-state index in [9.17, 15) is 4.79 Å². The quantitative estimate of drug-likeness (QED) is 0.494. The van der Waals surface area contributed by atoms with Crippen LogP contribution in [0.25, 0.3) is 11.6 Å². The van der Waals surface area contributed by atoms with Crippen LogP contribution in [-0.2, 0) is 24.2 Å². The molecule has 5 heteroatoms. The lowest BCUT2D eigenvalue weighted by molar-refractivity contribution is -0.110. The van der Waals surface area contributed by atoms with E-state index in [1.807, 2.05) is 43.3 Å². The number of hydrogen-bond donors (Lipinski definition) is 2. The summed E-state index contributed by atoms with van der Waals surface area (Å²) in [6.45, 7) is 2.61. The highest BCUT2D eigenvalue weighted by Gasteiger charge is 2.28. The van der Waals surface area contributed by atoms with Gasteiger partial charge in [0, 0.05) is 34.8 Å². The second-order valence-corrected chi connectivity index (χ2v) is 8.37. The van der Waals surface area contributed by atoms with Crippen molar-refractivity contribution < 1.29 is 9.21 Å². The molecule has 4 nitrogen and oxygen atoms in total. The summed E-state index contributed by atoms with van der Waals surface area (Å²) in [6, 6.07) is 13.9. The highest BCUT2D eigenvalue weighted by Crippen LogP contribution is 2.39. The summed E-state index contributed by atoms with van der Waals surface area (Å²) in [5.41, 5.74) is 6.71. The SMILES string of the molecule is Cc1cc(Cl)cc2c1NC(=O)C2=Cc1oc2c(c1CNc1ccccc1)CCCC2. The van der Waals surface area contributed by atoms with Gasteiger partial charge in [-0.3, -0.25) is 4.79 Å². The Labute approximate surface area is 180 Å². The summed E-state index contributed by atoms with van der Waals surface area (Å²) < 4.78 is 6.28. The van der Waals surface area contributed by atoms with E-state index in [2.05, 4.69) is 22.8 Å². The summed E-state index contributed by atoms with van der Waals surface area (Å²) in [4.78, 5) is 12.8. The zero-order chi connectivity index (χ0) is 20.7. The average Bonchev–Trinajstić information content (AvgIpc) is 3.25. The number of para-hydroxylation sites is 1. The van der Waals surface area contributed by atoms with Gasteiger partial charge in [-0.25, -0.2) is 0 Å². The Balaban J connectivity index is 1.57. The number of carbonyl (C=O) groups is 1. The Morgan fingerprint density at radius 1 is 1.17 bits per heavy atom. The minimum Gasteiger partial charge on any atom is -0.461 e. The van der Waals surface area contributed by atoms with Gasteiger partial charge >= 0.3 is 0 Å². The standard InChI is InChI=1S/C25H23ClN2O2/c1-15-11-16(26)12-19-20(25(29)28-24(15)19)13-23-21(14-27-17-7-3-2-4-8-17)18-9-5-6-10-22(18)30-23/h2-4,7-8,11-13,27H,5-6,9-10,14H2,1H3,(H,28,29). The molecular formula is C25H23ClN2O2. The molecule has 0 saturated heterocycles. The van der Waals surface area contributed by atoms with Gasteiger partial charge in [0.1, 0.15) is 11.5 Å². The van der Waals surface area contributed by atoms with Crippen LogP contribution in [-0.4, -0.2) is 5.91 Å². The first kappa shape index (κ1) is 19.0. The van der Waals surface area contributed by atoms with Crippen molar-refractivity contribution in [2.75, 3.05) is 10.6 Å². The van der Waals surface area contributed by atoms with Crippen molar-refractivity contribution >= 4 is 40.5 Å². The van der Waals surface area contributed by atoms with Gasteiger partial charge < -0.3 is 15.1 Å². The number of furan rings is 1. The molecule has 30 heavy (non-hydrogen) atoms. The molecule has 0 spiro atoms. The number of halogens is 1. The first-order valence-electron chi connectivity index (χ1n) is 10.4. The number of hydrogen-bond acceptors (Lipinski definition) is 3. The maximum atomic E-state index is 12.8. The smallest absolute Gasteiger partial charge is 0.256 e. The molecular weight excluding hydrogens is 396 g/mol. The van der Waals surface area contributed by atoms with Gasteiger partial charge in [0.15, 0.2) is 0 Å². The molecule has 0 bridgehead atoms. The van der Waals surface area contributed by atoms with E-state index in [1.54, 1.807) is 0 Å². The van der Waals surface area contributed by atoms with Crippen molar-refractivity contribution in [2.24, 2.45) is 0 Å². The van der Waals surface area contributed by atoms with Crippen molar-refractivity contribution in [1.29, 1.82) is 0 Å². The fourth-order valence-corrected chi connectivity index (χ4v) is 4.68. The Hall–Kier alpha value is -2.98. The molecule has 2 aliphatic rings. The summed E-state index contributed by atoms with van der Waals surface area (Å²) in [5, 5.41) is 7.10. The molecule has 0 saturated carbocycles. The zero-order valence-electron chi connectivity index (χ0n) is 16.8. The van der Waals surface area contributed by atoms with Crippen molar-refractivity contribution in [3.05, 3.63) is 81.3 Å². The lowest BCUT2D eigenvalue weighted by Gasteiger charge is -2.12. The van der Waals surface area contributed by atoms with E-state index >= 15 is 0 Å². The number of nitrogens with one attached hydrogen (secondary N) is 2. The molecule has 1 amide bonds. The lowest BCUT2D eigenvalue weighted by atomic mass is 9.94. The van der Waals surface area contributed by atoms with Crippen molar-refractivity contribution in [1.82, 2.24) is 0 Å². The number of carbonyl (C=O) groups excluding carboxylic acids is 1. The van der Waals surface area contributed by atoms with Gasteiger partial charge in [-0.1, -0.05) is 29.8 Å². The predicted molar refractivity (Wildman–Crippen MR) is 122 cm³/mol. The van der Waals surface area contributed by atoms with Crippen LogP contribution in [0.4, 0.5) is 11.4 Å². The summed E-state index contributed by atoms with van der Waals surface area (Å²) >= 11 is 6.28. The third kappa shape index (κ3) is 3.41. The molecule has 2 N–H and O–H groups in total. The van der Waals surface area contributed by atoms with E-state index in [0.29, 0.717) is 17.1 Å². The topological polar surface area (TPSA) is 54.3 Å². The molecule has 0 fully saturated rings. The maximum Gasteiger partial charge on any atom is 0.256 e. The minimum absolute atomic E-state index is 0.119. The van der Waals surface area contributed by atoms with Gasteiger partial charge in [-0.2, -0.15) is 0 Å². The van der Waals surface area contributed by atoms with Crippen LogP contribution in [0.15, 0.2) is 46.9 Å². The normalized spacial score (nSPS) is 16.3. The number of benzene rings is 2. The Morgan fingerprint density at radius 3 is 2.80 bits per heavy atom. The number of anilines is 2. The fourth-order valence-electron chi connectivity index (χ4n) is 4.41. The van der Waals surface area contributed by atoms with Crippen molar-refractivity contribution in [3.63, 3.8) is 0 Å². The lowest BCUT2D eigenvalue weighted by Crippen LogP contribution is -2.06. The van der Waals surface area contributed by atoms with Gasteiger partial charge in [0.2, 0.25) is 0 Å². The predicted octanol–water partition coefficient (Wildman–Crippen LogP) is 6.23. The molecule has 1 aliphatic carbocycles. The number of fused-ring (bicyclic) bond motifs is 2. The minimum atomic E-state index is -0.119. The third-order valence-corrected chi connectivity index (χ3v) is 6.12. The van der Waals surface area contributed by atoms with Crippen LogP contribution < -0.4 is 10.6 Å². The van der Waals surface area contributed by atoms with Crippen LogP contribution >= 0.6 is 11.6 Å². The number of aryl methyl sites for hydroxylation is 2. The molecule has 0 radical (unpaired) electrons. The zero-order valence-corrected chi connectivity index (χ0v) is 17.6. The highest BCUT2D eigenvalue weighted by atomic mass is 35.5. The summed E-state index contributed by atoms with van der Waals surface area (Å²) in [7, 11) is 0. The Bertz CT molecular complexity index is 1160. The number of amides is 1. The van der Waals surface area contributed by atoms with E-state index in [0.717, 1.165) is 58.8 Å². The second kappa shape index (κ2) is 7.69. The van der Waals surface area contributed by atoms with Crippen LogP contribution in [0.2, 0.25) is 5.02 Å². The van der Waals surface area contributed by atoms with Gasteiger partial charge in [0.05, 0.1) is 11.3 Å². The van der Waals surface area contributed by atoms with Crippen LogP contribution in [0.3, 0.4) is 0 Å². The summed E-state index contributed by atoms with van der Waals surface area (Å²) in [5.74, 6) is 1.70. The van der Waals surface area contributed by atoms with E-state index in [4.69, 9.17) is 16.0 Å². The molecule has 0 atom stereocenters. The number of rotatable bonds is 4. The molecule has 1 aromatic heterocycles. The van der Waals surface area contributed by atoms with Gasteiger partial charge in [-0.05, 0) is 67.7 Å². The molecule has 2 heterocycles. The van der Waals surface area contributed by atoms with Gasteiger partial charge in [0.25, 0.3) is 5.91 Å². The van der Waals surface area contributed by atoms with E-state index < -0.39 is 0 Å². The van der Waals surface area contributed by atoms with E-state index in [-0.39, 0.29) is 5.91 Å². The maximum absolute atomic E-state index is 12.8. The fraction of sp³-hybridized carbons (Fsp3) is 0.240. The average molecular weight is 419 g/mol. The summed E-state index contributed by atoms with van der Waals surface area (Å²) in [6.07, 6.45) is 6.16. The molecule has 5 rings (SSSR count). The Morgan fingerprint density at radius 2 is 1.97 bits per heavy atom. The first-order valence-corrected chi connectivity index (χ1v) is 10.7. The van der Waals surface area contributed by atoms with Gasteiger partial charge in [-0.15, -0.1) is 0 Å². The van der Waals surface area contributed by atoms with Crippen molar-refractivity contribution in [2.45, 2.75) is 39.2 Å². The first-order chi connectivity index (χ1) is 14.6. The van der Waals surface area contributed by atoms with Crippen LogP contribution in [0, 0.1) is 6.92 Å². The monoisotopic (exact) mass is 418 g/mol. The molecule has 2 aromatic carbocycles.